The zero-order valence-electron chi connectivity index (χ0n) is 14.4. The summed E-state index contributed by atoms with van der Waals surface area (Å²) in [5.74, 6) is 0.845. The molecule has 24 heavy (non-hydrogen) atoms. The van der Waals surface area contributed by atoms with Crippen LogP contribution in [0.25, 0.3) is 11.1 Å². The molecule has 3 heteroatoms. The summed E-state index contributed by atoms with van der Waals surface area (Å²) < 4.78 is 0. The number of benzene rings is 2. The van der Waals surface area contributed by atoms with E-state index >= 15 is 0 Å². The number of piperidine rings is 1. The third kappa shape index (κ3) is 3.11. The molecule has 1 aliphatic heterocycles. The molecule has 0 aromatic heterocycles. The van der Waals surface area contributed by atoms with Gasteiger partial charge < -0.3 is 5.32 Å². The summed E-state index contributed by atoms with van der Waals surface area (Å²) in [7, 11) is 0. The monoisotopic (exact) mass is 342 g/mol. The maximum Gasteiger partial charge on any atom is 0.0614 e. The second kappa shape index (κ2) is 7.69. The van der Waals surface area contributed by atoms with Crippen molar-refractivity contribution in [2.75, 3.05) is 26.2 Å². The lowest BCUT2D eigenvalue weighted by Gasteiger charge is -2.37. The molecule has 1 aliphatic carbocycles. The van der Waals surface area contributed by atoms with Crippen LogP contribution in [0, 0.1) is 5.92 Å². The van der Waals surface area contributed by atoms with Crippen molar-refractivity contribution in [3.63, 3.8) is 0 Å². The first-order valence-electron chi connectivity index (χ1n) is 9.01. The van der Waals surface area contributed by atoms with Crippen LogP contribution in [0.4, 0.5) is 0 Å². The topological polar surface area (TPSA) is 15.3 Å². The van der Waals surface area contributed by atoms with Crippen LogP contribution in [0.5, 0.6) is 0 Å². The van der Waals surface area contributed by atoms with Gasteiger partial charge in [0.05, 0.1) is 6.04 Å². The summed E-state index contributed by atoms with van der Waals surface area (Å²) >= 11 is 0. The smallest absolute Gasteiger partial charge is 0.0614 e. The average molecular weight is 343 g/mol. The van der Waals surface area contributed by atoms with Gasteiger partial charge in [-0.25, -0.2) is 0 Å². The number of rotatable bonds is 4. The fraction of sp³-hybridized carbons (Fsp3) is 0.429. The molecule has 0 saturated carbocycles. The summed E-state index contributed by atoms with van der Waals surface area (Å²) in [5, 5.41) is 3.52. The van der Waals surface area contributed by atoms with Crippen molar-refractivity contribution >= 4 is 12.4 Å². The highest BCUT2D eigenvalue weighted by atomic mass is 35.5. The van der Waals surface area contributed by atoms with Gasteiger partial charge in [0, 0.05) is 0 Å². The summed E-state index contributed by atoms with van der Waals surface area (Å²) in [6.45, 7) is 6.89. The highest BCUT2D eigenvalue weighted by Crippen LogP contribution is 2.46. The number of nitrogens with one attached hydrogen (secondary N) is 1. The molecule has 4 rings (SSSR count). The van der Waals surface area contributed by atoms with E-state index in [0.29, 0.717) is 6.04 Å². The lowest BCUT2D eigenvalue weighted by molar-refractivity contribution is 0.152. The fourth-order valence-electron chi connectivity index (χ4n) is 4.29. The fourth-order valence-corrected chi connectivity index (χ4v) is 4.29. The molecule has 1 fully saturated rings. The van der Waals surface area contributed by atoms with Crippen molar-refractivity contribution in [1.82, 2.24) is 10.2 Å². The standard InChI is InChI=1S/C21H26N2.ClH/c1-2-22-15-16-11-13-23(14-12-16)21-19-9-5-3-7-17(19)18-8-4-6-10-20(18)21;/h3-10,16,21-22H,2,11-15H2,1H3;1H. The first-order chi connectivity index (χ1) is 11.4. The zero-order chi connectivity index (χ0) is 15.6. The Kier molecular flexibility index (Phi) is 5.60. The van der Waals surface area contributed by atoms with Gasteiger partial charge in [-0.15, -0.1) is 12.4 Å². The van der Waals surface area contributed by atoms with E-state index < -0.39 is 0 Å². The van der Waals surface area contributed by atoms with Crippen LogP contribution in [-0.4, -0.2) is 31.1 Å². The van der Waals surface area contributed by atoms with E-state index in [-0.39, 0.29) is 12.4 Å². The molecule has 1 N–H and O–H groups in total. The summed E-state index contributed by atoms with van der Waals surface area (Å²) in [6.07, 6.45) is 2.63. The maximum atomic E-state index is 3.52. The Hall–Kier alpha value is -1.35. The number of hydrogen-bond donors (Lipinski definition) is 1. The predicted octanol–water partition coefficient (Wildman–Crippen LogP) is 4.50. The molecule has 2 aromatic rings. The van der Waals surface area contributed by atoms with Gasteiger partial charge in [-0.2, -0.15) is 0 Å². The van der Waals surface area contributed by atoms with Gasteiger partial charge in [-0.1, -0.05) is 55.5 Å². The number of fused-ring (bicyclic) bond motifs is 3. The molecule has 2 nitrogen and oxygen atoms in total. The molecular weight excluding hydrogens is 316 g/mol. The van der Waals surface area contributed by atoms with Gasteiger partial charge in [0.15, 0.2) is 0 Å². The Balaban J connectivity index is 0.00000169. The maximum absolute atomic E-state index is 3.52. The minimum absolute atomic E-state index is 0. The van der Waals surface area contributed by atoms with Crippen LogP contribution >= 0.6 is 12.4 Å². The SMILES string of the molecule is CCNCC1CCN(C2c3ccccc3-c3ccccc32)CC1.Cl. The summed E-state index contributed by atoms with van der Waals surface area (Å²) in [4.78, 5) is 2.70. The Morgan fingerprint density at radius 1 is 0.917 bits per heavy atom. The highest BCUT2D eigenvalue weighted by molar-refractivity contribution is 5.85. The van der Waals surface area contributed by atoms with E-state index in [0.717, 1.165) is 12.5 Å². The van der Waals surface area contributed by atoms with Crippen molar-refractivity contribution in [2.45, 2.75) is 25.8 Å². The Morgan fingerprint density at radius 2 is 1.46 bits per heavy atom. The largest absolute Gasteiger partial charge is 0.317 e. The predicted molar refractivity (Wildman–Crippen MR) is 104 cm³/mol. The molecule has 0 spiro atoms. The first-order valence-corrected chi connectivity index (χ1v) is 9.01. The minimum Gasteiger partial charge on any atom is -0.317 e. The van der Waals surface area contributed by atoms with Gasteiger partial charge in [-0.05, 0) is 67.2 Å². The average Bonchev–Trinajstić information content (AvgIpc) is 2.95. The van der Waals surface area contributed by atoms with E-state index in [1.807, 2.05) is 0 Å². The normalized spacial score (nSPS) is 18.0. The summed E-state index contributed by atoms with van der Waals surface area (Å²) in [6, 6.07) is 18.4. The highest BCUT2D eigenvalue weighted by Gasteiger charge is 2.34. The van der Waals surface area contributed by atoms with E-state index in [1.165, 1.54) is 54.7 Å². The molecule has 0 amide bonds. The lowest BCUT2D eigenvalue weighted by Crippen LogP contribution is -2.39. The third-order valence-electron chi connectivity index (χ3n) is 5.50. The van der Waals surface area contributed by atoms with Crippen molar-refractivity contribution in [2.24, 2.45) is 5.92 Å². The lowest BCUT2D eigenvalue weighted by atomic mass is 9.93. The number of nitrogens with zero attached hydrogens (tertiary/aromatic N) is 1. The van der Waals surface area contributed by atoms with E-state index in [4.69, 9.17) is 0 Å². The minimum atomic E-state index is 0. The van der Waals surface area contributed by atoms with Gasteiger partial charge in [0.2, 0.25) is 0 Å². The second-order valence-electron chi connectivity index (χ2n) is 6.86. The first kappa shape index (κ1) is 17.5. The van der Waals surface area contributed by atoms with Crippen LogP contribution in [0.2, 0.25) is 0 Å². The van der Waals surface area contributed by atoms with Crippen molar-refractivity contribution in [1.29, 1.82) is 0 Å². The van der Waals surface area contributed by atoms with Crippen LogP contribution in [-0.2, 0) is 0 Å². The Bertz CT molecular complexity index is 632. The molecule has 2 aliphatic rings. The molecule has 128 valence electrons. The molecule has 1 heterocycles. The van der Waals surface area contributed by atoms with Crippen molar-refractivity contribution in [3.05, 3.63) is 59.7 Å². The Labute approximate surface area is 151 Å². The van der Waals surface area contributed by atoms with Crippen LogP contribution in [0.15, 0.2) is 48.5 Å². The van der Waals surface area contributed by atoms with E-state index in [1.54, 1.807) is 0 Å². The van der Waals surface area contributed by atoms with Gasteiger partial charge in [0.25, 0.3) is 0 Å². The van der Waals surface area contributed by atoms with Crippen LogP contribution in [0.1, 0.15) is 36.9 Å². The summed E-state index contributed by atoms with van der Waals surface area (Å²) in [5.41, 5.74) is 5.86. The Morgan fingerprint density at radius 3 is 2.00 bits per heavy atom. The zero-order valence-corrected chi connectivity index (χ0v) is 15.2. The quantitative estimate of drug-likeness (QED) is 0.880. The molecule has 0 unspecified atom stereocenters. The van der Waals surface area contributed by atoms with E-state index in [9.17, 15) is 0 Å². The molecule has 1 saturated heterocycles. The van der Waals surface area contributed by atoms with Crippen molar-refractivity contribution < 1.29 is 0 Å². The molecule has 0 bridgehead atoms. The van der Waals surface area contributed by atoms with Gasteiger partial charge >= 0.3 is 0 Å². The van der Waals surface area contributed by atoms with Gasteiger partial charge in [-0.3, -0.25) is 4.90 Å². The molecular formula is C21H27ClN2. The van der Waals surface area contributed by atoms with E-state index in [2.05, 4.69) is 65.7 Å². The molecule has 0 atom stereocenters. The molecule has 0 radical (unpaired) electrons. The van der Waals surface area contributed by atoms with Crippen molar-refractivity contribution in [3.8, 4) is 11.1 Å². The number of halogens is 1. The second-order valence-corrected chi connectivity index (χ2v) is 6.86. The molecule has 2 aromatic carbocycles. The van der Waals surface area contributed by atoms with Gasteiger partial charge in [0.1, 0.15) is 0 Å². The van der Waals surface area contributed by atoms with Crippen LogP contribution in [0.3, 0.4) is 0 Å². The third-order valence-corrected chi connectivity index (χ3v) is 5.50. The van der Waals surface area contributed by atoms with Crippen LogP contribution < -0.4 is 5.32 Å². The number of likely N-dealkylation sites (tertiary alicyclic amines) is 1. The number of hydrogen-bond acceptors (Lipinski definition) is 2.